The third-order valence-corrected chi connectivity index (χ3v) is 11.0. The molecule has 0 spiro atoms. The summed E-state index contributed by atoms with van der Waals surface area (Å²) in [6.07, 6.45) is 5.01. The van der Waals surface area contributed by atoms with E-state index in [1.54, 1.807) is 42.9 Å². The zero-order valence-electron chi connectivity index (χ0n) is 27.9. The van der Waals surface area contributed by atoms with Gasteiger partial charge in [0.2, 0.25) is 0 Å². The number of pyridine rings is 2. The SMILES string of the molecule is CCN(c1ncc2nc(C)n(CC#Cc3ccc(Cl)cc3-c3ccnc4c(C(=O)O)csc34)c(=O)c2c1C#N)C1CCN(C2(C)COC2)CC1. The molecule has 11 nitrogen and oxygen atoms in total. The van der Waals surface area contributed by atoms with Gasteiger partial charge in [0, 0.05) is 59.0 Å². The van der Waals surface area contributed by atoms with Crippen LogP contribution in [0.5, 0.6) is 0 Å². The highest BCUT2D eigenvalue weighted by atomic mass is 35.5. The number of carbonyl (C=O) groups is 1. The van der Waals surface area contributed by atoms with Gasteiger partial charge in [0.25, 0.3) is 5.56 Å². The van der Waals surface area contributed by atoms with Gasteiger partial charge < -0.3 is 14.7 Å². The highest BCUT2D eigenvalue weighted by Gasteiger charge is 2.41. The molecule has 0 bridgehead atoms. The molecule has 13 heteroatoms. The number of anilines is 1. The molecule has 2 aliphatic rings. The second-order valence-corrected chi connectivity index (χ2v) is 14.2. The van der Waals surface area contributed by atoms with Gasteiger partial charge in [-0.2, -0.15) is 5.26 Å². The second-order valence-electron chi connectivity index (χ2n) is 12.9. The van der Waals surface area contributed by atoms with Gasteiger partial charge in [-0.3, -0.25) is 19.2 Å². The van der Waals surface area contributed by atoms with Crippen LogP contribution in [0.2, 0.25) is 5.02 Å². The lowest BCUT2D eigenvalue weighted by Gasteiger charge is -2.51. The molecule has 5 aromatic rings. The minimum atomic E-state index is -1.04. The van der Waals surface area contributed by atoms with E-state index in [9.17, 15) is 20.0 Å². The summed E-state index contributed by atoms with van der Waals surface area (Å²) in [5.41, 5.74) is 3.01. The summed E-state index contributed by atoms with van der Waals surface area (Å²) in [4.78, 5) is 44.2. The number of fused-ring (bicyclic) bond motifs is 2. The van der Waals surface area contributed by atoms with Crippen molar-refractivity contribution in [1.29, 1.82) is 5.26 Å². The molecule has 50 heavy (non-hydrogen) atoms. The fraction of sp³-hybridized carbons (Fsp3) is 0.351. The second kappa shape index (κ2) is 13.5. The summed E-state index contributed by atoms with van der Waals surface area (Å²) in [5, 5.41) is 22.4. The van der Waals surface area contributed by atoms with Crippen LogP contribution in [0.25, 0.3) is 32.2 Å². The number of likely N-dealkylation sites (tertiary alicyclic amines) is 1. The largest absolute Gasteiger partial charge is 0.478 e. The first-order chi connectivity index (χ1) is 24.1. The van der Waals surface area contributed by atoms with E-state index in [2.05, 4.69) is 44.6 Å². The zero-order chi connectivity index (χ0) is 35.2. The Morgan fingerprint density at radius 2 is 2.00 bits per heavy atom. The van der Waals surface area contributed by atoms with Crippen LogP contribution in [0, 0.1) is 30.1 Å². The van der Waals surface area contributed by atoms with Crippen molar-refractivity contribution in [2.24, 2.45) is 0 Å². The van der Waals surface area contributed by atoms with Crippen molar-refractivity contribution in [3.8, 4) is 29.0 Å². The summed E-state index contributed by atoms with van der Waals surface area (Å²) < 4.78 is 7.68. The highest BCUT2D eigenvalue weighted by molar-refractivity contribution is 7.18. The summed E-state index contributed by atoms with van der Waals surface area (Å²) in [6.45, 7) is 10.1. The van der Waals surface area contributed by atoms with Crippen LogP contribution in [0.4, 0.5) is 5.82 Å². The third kappa shape index (κ3) is 5.88. The van der Waals surface area contributed by atoms with Gasteiger partial charge >= 0.3 is 5.97 Å². The molecule has 254 valence electrons. The molecule has 7 rings (SSSR count). The quantitative estimate of drug-likeness (QED) is 0.209. The monoisotopic (exact) mass is 707 g/mol. The molecule has 2 aliphatic heterocycles. The maximum Gasteiger partial charge on any atom is 0.338 e. The van der Waals surface area contributed by atoms with Crippen LogP contribution in [0.15, 0.2) is 46.8 Å². The van der Waals surface area contributed by atoms with E-state index in [-0.39, 0.29) is 40.2 Å². The minimum Gasteiger partial charge on any atom is -0.478 e. The molecule has 1 N–H and O–H groups in total. The number of hydrogen-bond donors (Lipinski definition) is 1. The molecule has 4 aromatic heterocycles. The predicted molar refractivity (Wildman–Crippen MR) is 194 cm³/mol. The standard InChI is InChI=1S/C37H34ClN7O4S/c1-4-44(25-10-14-43(15-11-25)37(3)20-49-21-37)34-28(17-39)31-30(18-41-34)42-22(2)45(35(31)46)13-5-6-23-7-8-24(38)16-27(23)26-9-12-40-32-29(36(47)48)19-50-33(26)32/h7-9,12,16,18-19,25H,4,10-11,13-15,20-21H2,1-3H3,(H,47,48). The molecule has 0 saturated carbocycles. The van der Waals surface area contributed by atoms with Gasteiger partial charge in [0.1, 0.15) is 23.3 Å². The normalized spacial score (nSPS) is 16.1. The summed E-state index contributed by atoms with van der Waals surface area (Å²) in [6, 6.07) is 9.61. The number of nitriles is 1. The smallest absolute Gasteiger partial charge is 0.338 e. The number of carboxylic acids is 1. The number of aromatic carboxylic acids is 1. The average Bonchev–Trinajstić information content (AvgIpc) is 3.55. The van der Waals surface area contributed by atoms with E-state index in [4.69, 9.17) is 21.3 Å². The number of hydrogen-bond acceptors (Lipinski definition) is 10. The summed E-state index contributed by atoms with van der Waals surface area (Å²) in [7, 11) is 0. The Hall–Kier alpha value is -4.85. The fourth-order valence-electron chi connectivity index (χ4n) is 7.06. The molecular weight excluding hydrogens is 674 g/mol. The fourth-order valence-corrected chi connectivity index (χ4v) is 8.26. The first-order valence-corrected chi connectivity index (χ1v) is 17.7. The zero-order valence-corrected chi connectivity index (χ0v) is 29.4. The van der Waals surface area contributed by atoms with Crippen LogP contribution >= 0.6 is 22.9 Å². The van der Waals surface area contributed by atoms with Gasteiger partial charge in [-0.25, -0.2) is 14.8 Å². The summed E-state index contributed by atoms with van der Waals surface area (Å²) >= 11 is 7.70. The van der Waals surface area contributed by atoms with E-state index in [1.807, 2.05) is 13.0 Å². The van der Waals surface area contributed by atoms with Crippen molar-refractivity contribution in [1.82, 2.24) is 24.4 Å². The van der Waals surface area contributed by atoms with Crippen molar-refractivity contribution in [2.45, 2.75) is 51.7 Å². The Labute approximate surface area is 297 Å². The maximum atomic E-state index is 14.1. The molecule has 0 aliphatic carbocycles. The molecule has 0 unspecified atom stereocenters. The van der Waals surface area contributed by atoms with Gasteiger partial charge in [-0.15, -0.1) is 11.3 Å². The Balaban J connectivity index is 1.22. The Morgan fingerprint density at radius 3 is 2.68 bits per heavy atom. The molecule has 0 atom stereocenters. The number of halogens is 1. The van der Waals surface area contributed by atoms with Gasteiger partial charge in [-0.1, -0.05) is 23.4 Å². The molecule has 2 saturated heterocycles. The van der Waals surface area contributed by atoms with Crippen molar-refractivity contribution in [3.63, 3.8) is 0 Å². The number of benzene rings is 1. The minimum absolute atomic E-state index is 0.0323. The molecule has 2 fully saturated rings. The van der Waals surface area contributed by atoms with Crippen molar-refractivity contribution in [3.05, 3.63) is 79.9 Å². The average molecular weight is 708 g/mol. The number of piperidine rings is 1. The molecule has 6 heterocycles. The Bertz CT molecular complexity index is 2320. The lowest BCUT2D eigenvalue weighted by molar-refractivity contribution is -0.136. The van der Waals surface area contributed by atoms with Gasteiger partial charge in [0.05, 0.1) is 58.2 Å². The van der Waals surface area contributed by atoms with Crippen molar-refractivity contribution >= 4 is 55.8 Å². The van der Waals surface area contributed by atoms with Crippen LogP contribution in [-0.2, 0) is 11.3 Å². The van der Waals surface area contributed by atoms with Crippen LogP contribution < -0.4 is 10.5 Å². The number of carboxylic acid groups (broad SMARTS) is 1. The van der Waals surface area contributed by atoms with E-state index in [1.165, 1.54) is 15.9 Å². The lowest BCUT2D eigenvalue weighted by atomic mass is 9.92. The van der Waals surface area contributed by atoms with Gasteiger partial charge in [0.15, 0.2) is 0 Å². The van der Waals surface area contributed by atoms with E-state index in [0.29, 0.717) is 44.5 Å². The number of thiophene rings is 1. The Morgan fingerprint density at radius 1 is 1.22 bits per heavy atom. The van der Waals surface area contributed by atoms with Crippen LogP contribution in [0.3, 0.4) is 0 Å². The molecule has 0 amide bonds. The third-order valence-electron chi connectivity index (χ3n) is 9.81. The topological polar surface area (TPSA) is 137 Å². The van der Waals surface area contributed by atoms with E-state index < -0.39 is 5.97 Å². The summed E-state index contributed by atoms with van der Waals surface area (Å²) in [5.74, 6) is 6.24. The van der Waals surface area contributed by atoms with E-state index in [0.717, 1.165) is 50.3 Å². The van der Waals surface area contributed by atoms with Gasteiger partial charge in [-0.05, 0) is 57.9 Å². The number of rotatable bonds is 7. The lowest BCUT2D eigenvalue weighted by Crippen LogP contribution is -2.63. The maximum absolute atomic E-state index is 14.1. The molecule has 0 radical (unpaired) electrons. The highest BCUT2D eigenvalue weighted by Crippen LogP contribution is 2.37. The molecule has 1 aromatic carbocycles. The number of aryl methyl sites for hydroxylation is 1. The van der Waals surface area contributed by atoms with E-state index >= 15 is 0 Å². The van der Waals surface area contributed by atoms with Crippen LogP contribution in [-0.4, -0.2) is 79.9 Å². The van der Waals surface area contributed by atoms with Crippen molar-refractivity contribution < 1.29 is 14.6 Å². The first-order valence-electron chi connectivity index (χ1n) is 16.4. The predicted octanol–water partition coefficient (Wildman–Crippen LogP) is 5.73. The number of ether oxygens (including phenoxy) is 1. The molecular formula is C37H34ClN7O4S. The number of aromatic nitrogens is 4. The van der Waals surface area contributed by atoms with Crippen LogP contribution in [0.1, 0.15) is 54.0 Å². The Kier molecular flexibility index (Phi) is 9.06. The number of nitrogens with zero attached hydrogens (tertiary/aromatic N) is 7. The van der Waals surface area contributed by atoms with Crippen molar-refractivity contribution in [2.75, 3.05) is 37.7 Å². The first kappa shape index (κ1) is 33.6.